The van der Waals surface area contributed by atoms with Crippen molar-refractivity contribution >= 4 is 19.7 Å². The summed E-state index contributed by atoms with van der Waals surface area (Å²) in [5.41, 5.74) is 0. The van der Waals surface area contributed by atoms with Crippen molar-refractivity contribution in [3.63, 3.8) is 0 Å². The molecule has 2 saturated carbocycles. The van der Waals surface area contributed by atoms with Crippen LogP contribution in [0.3, 0.4) is 0 Å². The minimum absolute atomic E-state index is 0.275. The summed E-state index contributed by atoms with van der Waals surface area (Å²) in [5, 5.41) is 0. The van der Waals surface area contributed by atoms with Crippen LogP contribution in [0.1, 0.15) is 38.5 Å². The SMILES string of the molecule is C[Si](C)(C)C1(Cl)C2CCCCCCC21. The maximum Gasteiger partial charge on any atom is 0.0695 e. The highest BCUT2D eigenvalue weighted by molar-refractivity contribution is 6.87. The van der Waals surface area contributed by atoms with Gasteiger partial charge in [-0.05, 0) is 24.7 Å². The molecular formula is C12H23ClSi. The Morgan fingerprint density at radius 2 is 1.36 bits per heavy atom. The zero-order chi connectivity index (χ0) is 10.4. The second kappa shape index (κ2) is 3.52. The van der Waals surface area contributed by atoms with Gasteiger partial charge in [-0.15, -0.1) is 11.6 Å². The Morgan fingerprint density at radius 1 is 0.929 bits per heavy atom. The van der Waals surface area contributed by atoms with E-state index in [0.717, 1.165) is 11.8 Å². The van der Waals surface area contributed by atoms with Crippen LogP contribution in [-0.4, -0.2) is 12.6 Å². The molecule has 2 fully saturated rings. The summed E-state index contributed by atoms with van der Waals surface area (Å²) in [7, 11) is -1.16. The van der Waals surface area contributed by atoms with Crippen LogP contribution >= 0.6 is 11.6 Å². The first-order valence-corrected chi connectivity index (χ1v) is 10.0. The van der Waals surface area contributed by atoms with Gasteiger partial charge in [0, 0.05) is 4.50 Å². The van der Waals surface area contributed by atoms with Crippen LogP contribution in [0.25, 0.3) is 0 Å². The van der Waals surface area contributed by atoms with Gasteiger partial charge in [0.05, 0.1) is 8.07 Å². The number of hydrogen-bond acceptors (Lipinski definition) is 0. The van der Waals surface area contributed by atoms with Crippen LogP contribution in [-0.2, 0) is 0 Å². The zero-order valence-corrected chi connectivity index (χ0v) is 11.5. The topological polar surface area (TPSA) is 0 Å². The number of fused-ring (bicyclic) bond motifs is 1. The molecule has 2 unspecified atom stereocenters. The molecule has 0 aromatic carbocycles. The number of rotatable bonds is 1. The number of halogens is 1. The lowest BCUT2D eigenvalue weighted by Gasteiger charge is -2.25. The van der Waals surface area contributed by atoms with E-state index in [1.807, 2.05) is 0 Å². The van der Waals surface area contributed by atoms with Crippen molar-refractivity contribution in [2.45, 2.75) is 62.7 Å². The van der Waals surface area contributed by atoms with E-state index in [1.54, 1.807) is 0 Å². The standard InChI is InChI=1S/C12H23ClSi/c1-14(2,3)12(13)10-8-6-4-5-7-9-11(10)12/h10-11H,4-9H2,1-3H3. The van der Waals surface area contributed by atoms with E-state index in [9.17, 15) is 0 Å². The third kappa shape index (κ3) is 1.57. The second-order valence-corrected chi connectivity index (χ2v) is 12.5. The molecule has 82 valence electrons. The van der Waals surface area contributed by atoms with Crippen LogP contribution in [0, 0.1) is 11.8 Å². The van der Waals surface area contributed by atoms with E-state index in [1.165, 1.54) is 38.5 Å². The predicted molar refractivity (Wildman–Crippen MR) is 66.6 cm³/mol. The van der Waals surface area contributed by atoms with Gasteiger partial charge in [0.15, 0.2) is 0 Å². The third-order valence-corrected chi connectivity index (χ3v) is 9.69. The van der Waals surface area contributed by atoms with Crippen LogP contribution in [0.4, 0.5) is 0 Å². The van der Waals surface area contributed by atoms with Gasteiger partial charge in [-0.3, -0.25) is 0 Å². The van der Waals surface area contributed by atoms with Crippen LogP contribution in [0.15, 0.2) is 0 Å². The van der Waals surface area contributed by atoms with E-state index in [4.69, 9.17) is 11.6 Å². The predicted octanol–water partition coefficient (Wildman–Crippen LogP) is 4.44. The largest absolute Gasteiger partial charge is 0.122 e. The molecule has 2 aliphatic carbocycles. The molecule has 0 radical (unpaired) electrons. The van der Waals surface area contributed by atoms with Crippen molar-refractivity contribution in [1.29, 1.82) is 0 Å². The van der Waals surface area contributed by atoms with Crippen molar-refractivity contribution in [2.75, 3.05) is 0 Å². The van der Waals surface area contributed by atoms with Gasteiger partial charge in [0.1, 0.15) is 0 Å². The van der Waals surface area contributed by atoms with Gasteiger partial charge < -0.3 is 0 Å². The van der Waals surface area contributed by atoms with Crippen molar-refractivity contribution in [1.82, 2.24) is 0 Å². The highest BCUT2D eigenvalue weighted by Crippen LogP contribution is 2.65. The Hall–Kier alpha value is 0.507. The van der Waals surface area contributed by atoms with Gasteiger partial charge in [0.2, 0.25) is 0 Å². The lowest BCUT2D eigenvalue weighted by molar-refractivity contribution is 0.485. The third-order valence-electron chi connectivity index (χ3n) is 4.39. The summed E-state index contributed by atoms with van der Waals surface area (Å²) in [6.45, 7) is 7.35. The van der Waals surface area contributed by atoms with Crippen molar-refractivity contribution in [3.8, 4) is 0 Å². The zero-order valence-electron chi connectivity index (χ0n) is 9.78. The highest BCUT2D eigenvalue weighted by Gasteiger charge is 2.68. The van der Waals surface area contributed by atoms with E-state index < -0.39 is 8.07 Å². The second-order valence-electron chi connectivity index (χ2n) is 6.22. The Morgan fingerprint density at radius 3 is 1.71 bits per heavy atom. The normalized spacial score (nSPS) is 43.7. The summed E-state index contributed by atoms with van der Waals surface area (Å²) in [6, 6.07) is 0. The average molecular weight is 231 g/mol. The summed E-state index contributed by atoms with van der Waals surface area (Å²) < 4.78 is 0.275. The Bertz CT molecular complexity index is 205. The first-order valence-electron chi connectivity index (χ1n) is 6.17. The van der Waals surface area contributed by atoms with Crippen LogP contribution in [0.2, 0.25) is 19.6 Å². The van der Waals surface area contributed by atoms with Crippen molar-refractivity contribution < 1.29 is 0 Å². The molecule has 0 nitrogen and oxygen atoms in total. The van der Waals surface area contributed by atoms with Crippen molar-refractivity contribution in [3.05, 3.63) is 0 Å². The number of hydrogen-bond donors (Lipinski definition) is 0. The lowest BCUT2D eigenvalue weighted by Crippen LogP contribution is -2.39. The Balaban J connectivity index is 2.09. The smallest absolute Gasteiger partial charge is 0.0695 e. The van der Waals surface area contributed by atoms with Gasteiger partial charge >= 0.3 is 0 Å². The molecular weight excluding hydrogens is 208 g/mol. The first kappa shape index (κ1) is 11.0. The fraction of sp³-hybridized carbons (Fsp3) is 1.00. The average Bonchev–Trinajstić information content (AvgIpc) is 2.53. The summed E-state index contributed by atoms with van der Waals surface area (Å²) in [4.78, 5) is 0. The molecule has 2 rings (SSSR count). The molecule has 0 bridgehead atoms. The fourth-order valence-corrected chi connectivity index (χ4v) is 6.81. The van der Waals surface area contributed by atoms with Gasteiger partial charge in [-0.2, -0.15) is 0 Å². The molecule has 0 saturated heterocycles. The molecule has 0 spiro atoms. The number of alkyl halides is 1. The van der Waals surface area contributed by atoms with Crippen molar-refractivity contribution in [2.24, 2.45) is 11.8 Å². The molecule has 2 atom stereocenters. The molecule has 0 heterocycles. The molecule has 0 N–H and O–H groups in total. The molecule has 2 heteroatoms. The lowest BCUT2D eigenvalue weighted by atomic mass is 10.0. The van der Waals surface area contributed by atoms with Gasteiger partial charge in [0.25, 0.3) is 0 Å². The molecule has 0 aromatic heterocycles. The van der Waals surface area contributed by atoms with Gasteiger partial charge in [-0.25, -0.2) is 0 Å². The molecule has 14 heavy (non-hydrogen) atoms. The fourth-order valence-electron chi connectivity index (χ4n) is 3.52. The maximum absolute atomic E-state index is 6.90. The molecule has 0 aromatic rings. The minimum atomic E-state index is -1.16. The first-order chi connectivity index (χ1) is 6.48. The van der Waals surface area contributed by atoms with Gasteiger partial charge in [-0.1, -0.05) is 45.3 Å². The highest BCUT2D eigenvalue weighted by atomic mass is 35.5. The quantitative estimate of drug-likeness (QED) is 0.462. The summed E-state index contributed by atoms with van der Waals surface area (Å²) >= 11 is 6.90. The summed E-state index contributed by atoms with van der Waals surface area (Å²) in [6.07, 6.45) is 8.58. The van der Waals surface area contributed by atoms with E-state index in [0.29, 0.717) is 0 Å². The Labute approximate surface area is 94.4 Å². The Kier molecular flexibility index (Phi) is 2.77. The summed E-state index contributed by atoms with van der Waals surface area (Å²) in [5.74, 6) is 1.77. The minimum Gasteiger partial charge on any atom is -0.122 e. The monoisotopic (exact) mass is 230 g/mol. The molecule has 2 aliphatic rings. The van der Waals surface area contributed by atoms with Crippen LogP contribution < -0.4 is 0 Å². The maximum atomic E-state index is 6.90. The van der Waals surface area contributed by atoms with E-state index >= 15 is 0 Å². The molecule has 0 amide bonds. The molecule has 0 aliphatic heterocycles. The van der Waals surface area contributed by atoms with E-state index in [-0.39, 0.29) is 4.50 Å². The van der Waals surface area contributed by atoms with E-state index in [2.05, 4.69) is 19.6 Å². The van der Waals surface area contributed by atoms with Crippen LogP contribution in [0.5, 0.6) is 0 Å².